The van der Waals surface area contributed by atoms with Crippen LogP contribution in [-0.4, -0.2) is 47.9 Å². The molecular formula is C21H26N4O2. The van der Waals surface area contributed by atoms with E-state index in [0.717, 1.165) is 31.9 Å². The molecule has 27 heavy (non-hydrogen) atoms. The number of carbonyl (C=O) groups is 2. The van der Waals surface area contributed by atoms with Gasteiger partial charge in [0.25, 0.3) is 5.91 Å². The van der Waals surface area contributed by atoms with Gasteiger partial charge in [0.1, 0.15) is 5.82 Å². The van der Waals surface area contributed by atoms with Gasteiger partial charge < -0.3 is 15.1 Å². The summed E-state index contributed by atoms with van der Waals surface area (Å²) in [6, 6.07) is 12.9. The van der Waals surface area contributed by atoms with Crippen molar-refractivity contribution in [1.82, 2.24) is 9.88 Å². The molecule has 2 heterocycles. The number of nitrogens with zero attached hydrogens (tertiary/aromatic N) is 3. The third-order valence-corrected chi connectivity index (χ3v) is 4.61. The predicted molar refractivity (Wildman–Crippen MR) is 107 cm³/mol. The minimum absolute atomic E-state index is 0.180. The summed E-state index contributed by atoms with van der Waals surface area (Å²) in [7, 11) is 0. The number of anilines is 2. The largest absolute Gasteiger partial charge is 0.368 e. The molecule has 0 unspecified atom stereocenters. The molecule has 1 fully saturated rings. The standard InChI is InChI=1S/C21H26N4O2/c1-21(2,3)20(27)25-14-12-24(13-15-25)17-9-7-16(8-10-17)19(26)23-18-6-4-5-11-22-18/h4-11H,12-15H2,1-3H3,(H,22,23,26). The smallest absolute Gasteiger partial charge is 0.256 e. The van der Waals surface area contributed by atoms with Gasteiger partial charge >= 0.3 is 0 Å². The molecule has 0 spiro atoms. The first-order valence-corrected chi connectivity index (χ1v) is 9.21. The Hall–Kier alpha value is -2.89. The summed E-state index contributed by atoms with van der Waals surface area (Å²) < 4.78 is 0. The average molecular weight is 366 g/mol. The number of amides is 2. The maximum absolute atomic E-state index is 12.4. The highest BCUT2D eigenvalue weighted by molar-refractivity contribution is 6.03. The summed E-state index contributed by atoms with van der Waals surface area (Å²) in [5.41, 5.74) is 1.31. The van der Waals surface area contributed by atoms with Crippen LogP contribution in [0.5, 0.6) is 0 Å². The molecule has 6 heteroatoms. The van der Waals surface area contributed by atoms with Gasteiger partial charge in [-0.2, -0.15) is 0 Å². The Bertz CT molecular complexity index is 789. The summed E-state index contributed by atoms with van der Waals surface area (Å²) in [4.78, 5) is 33.0. The van der Waals surface area contributed by atoms with Crippen LogP contribution >= 0.6 is 0 Å². The third kappa shape index (κ3) is 4.64. The third-order valence-electron chi connectivity index (χ3n) is 4.61. The van der Waals surface area contributed by atoms with E-state index in [1.165, 1.54) is 0 Å². The van der Waals surface area contributed by atoms with Crippen molar-refractivity contribution in [3.8, 4) is 0 Å². The molecule has 3 rings (SSSR count). The summed E-state index contributed by atoms with van der Waals surface area (Å²) in [6.45, 7) is 8.89. The van der Waals surface area contributed by atoms with E-state index >= 15 is 0 Å². The van der Waals surface area contributed by atoms with Crippen molar-refractivity contribution in [2.75, 3.05) is 36.4 Å². The van der Waals surface area contributed by atoms with Crippen molar-refractivity contribution in [2.45, 2.75) is 20.8 Å². The normalized spacial score (nSPS) is 14.8. The number of pyridine rings is 1. The van der Waals surface area contributed by atoms with E-state index in [1.807, 2.05) is 56.0 Å². The SMILES string of the molecule is CC(C)(C)C(=O)N1CCN(c2ccc(C(=O)Nc3ccccn3)cc2)CC1. The maximum atomic E-state index is 12.4. The quantitative estimate of drug-likeness (QED) is 0.907. The van der Waals surface area contributed by atoms with Crippen molar-refractivity contribution in [2.24, 2.45) is 5.41 Å². The molecule has 142 valence electrons. The van der Waals surface area contributed by atoms with E-state index in [4.69, 9.17) is 0 Å². The zero-order chi connectivity index (χ0) is 19.4. The molecule has 1 saturated heterocycles. The summed E-state index contributed by atoms with van der Waals surface area (Å²) in [5, 5.41) is 2.78. The monoisotopic (exact) mass is 366 g/mol. The topological polar surface area (TPSA) is 65.5 Å². The maximum Gasteiger partial charge on any atom is 0.256 e. The zero-order valence-corrected chi connectivity index (χ0v) is 16.1. The molecular weight excluding hydrogens is 340 g/mol. The number of carbonyl (C=O) groups excluding carboxylic acids is 2. The van der Waals surface area contributed by atoms with Crippen LogP contribution in [-0.2, 0) is 4.79 Å². The van der Waals surface area contributed by atoms with Gasteiger partial charge in [-0.25, -0.2) is 4.98 Å². The van der Waals surface area contributed by atoms with Gasteiger partial charge in [-0.3, -0.25) is 9.59 Å². The molecule has 0 radical (unpaired) electrons. The van der Waals surface area contributed by atoms with Gasteiger partial charge in [0, 0.05) is 49.0 Å². The number of rotatable bonds is 3. The minimum Gasteiger partial charge on any atom is -0.368 e. The highest BCUT2D eigenvalue weighted by Crippen LogP contribution is 2.22. The van der Waals surface area contributed by atoms with Crippen molar-refractivity contribution in [1.29, 1.82) is 0 Å². The minimum atomic E-state index is -0.342. The van der Waals surface area contributed by atoms with Gasteiger partial charge in [-0.05, 0) is 36.4 Å². The van der Waals surface area contributed by atoms with Crippen LogP contribution < -0.4 is 10.2 Å². The van der Waals surface area contributed by atoms with E-state index in [0.29, 0.717) is 11.4 Å². The van der Waals surface area contributed by atoms with Crippen LogP contribution in [0.15, 0.2) is 48.7 Å². The highest BCUT2D eigenvalue weighted by Gasteiger charge is 2.29. The fraction of sp³-hybridized carbons (Fsp3) is 0.381. The van der Waals surface area contributed by atoms with E-state index < -0.39 is 0 Å². The molecule has 1 N–H and O–H groups in total. The molecule has 6 nitrogen and oxygen atoms in total. The van der Waals surface area contributed by atoms with Crippen LogP contribution in [0.1, 0.15) is 31.1 Å². The van der Waals surface area contributed by atoms with Gasteiger partial charge in [0.05, 0.1) is 0 Å². The van der Waals surface area contributed by atoms with Crippen molar-refractivity contribution < 1.29 is 9.59 Å². The van der Waals surface area contributed by atoms with Gasteiger partial charge in [-0.1, -0.05) is 26.8 Å². The molecule has 2 aromatic rings. The van der Waals surface area contributed by atoms with Crippen LogP contribution in [0.4, 0.5) is 11.5 Å². The Morgan fingerprint density at radius 1 is 0.963 bits per heavy atom. The number of nitrogens with one attached hydrogen (secondary N) is 1. The van der Waals surface area contributed by atoms with E-state index in [9.17, 15) is 9.59 Å². The second-order valence-corrected chi connectivity index (χ2v) is 7.75. The van der Waals surface area contributed by atoms with Crippen molar-refractivity contribution >= 4 is 23.3 Å². The molecule has 2 amide bonds. The first kappa shape index (κ1) is 18.9. The van der Waals surface area contributed by atoms with Crippen LogP contribution in [0, 0.1) is 5.41 Å². The molecule has 1 aliphatic rings. The van der Waals surface area contributed by atoms with Crippen LogP contribution in [0.3, 0.4) is 0 Å². The van der Waals surface area contributed by atoms with Crippen LogP contribution in [0.25, 0.3) is 0 Å². The Labute approximate surface area is 160 Å². The number of piperazine rings is 1. The lowest BCUT2D eigenvalue weighted by Crippen LogP contribution is -2.51. The Morgan fingerprint density at radius 2 is 1.63 bits per heavy atom. The first-order chi connectivity index (χ1) is 12.8. The number of aromatic nitrogens is 1. The lowest BCUT2D eigenvalue weighted by Gasteiger charge is -2.38. The molecule has 1 aliphatic heterocycles. The lowest BCUT2D eigenvalue weighted by molar-refractivity contribution is -0.139. The zero-order valence-electron chi connectivity index (χ0n) is 16.1. The van der Waals surface area contributed by atoms with E-state index in [2.05, 4.69) is 15.2 Å². The summed E-state index contributed by atoms with van der Waals surface area (Å²) in [5.74, 6) is 0.552. The number of benzene rings is 1. The molecule has 0 aliphatic carbocycles. The predicted octanol–water partition coefficient (Wildman–Crippen LogP) is 3.03. The first-order valence-electron chi connectivity index (χ1n) is 9.21. The number of hydrogen-bond donors (Lipinski definition) is 1. The fourth-order valence-corrected chi connectivity index (χ4v) is 3.09. The summed E-state index contributed by atoms with van der Waals surface area (Å²) >= 11 is 0. The lowest BCUT2D eigenvalue weighted by atomic mass is 9.94. The molecule has 0 bridgehead atoms. The summed E-state index contributed by atoms with van der Waals surface area (Å²) in [6.07, 6.45) is 1.64. The molecule has 0 atom stereocenters. The number of hydrogen-bond acceptors (Lipinski definition) is 4. The Morgan fingerprint density at radius 3 is 2.19 bits per heavy atom. The molecule has 0 saturated carbocycles. The van der Waals surface area contributed by atoms with Crippen molar-refractivity contribution in [3.05, 3.63) is 54.2 Å². The molecule has 1 aromatic heterocycles. The van der Waals surface area contributed by atoms with Gasteiger partial charge in [-0.15, -0.1) is 0 Å². The molecule has 1 aromatic carbocycles. The van der Waals surface area contributed by atoms with Crippen molar-refractivity contribution in [3.63, 3.8) is 0 Å². The Balaban J connectivity index is 1.58. The second kappa shape index (κ2) is 7.78. The van der Waals surface area contributed by atoms with Gasteiger partial charge in [0.15, 0.2) is 0 Å². The van der Waals surface area contributed by atoms with E-state index in [-0.39, 0.29) is 17.2 Å². The highest BCUT2D eigenvalue weighted by atomic mass is 16.2. The second-order valence-electron chi connectivity index (χ2n) is 7.75. The Kier molecular flexibility index (Phi) is 5.44. The van der Waals surface area contributed by atoms with Crippen LogP contribution in [0.2, 0.25) is 0 Å². The fourth-order valence-electron chi connectivity index (χ4n) is 3.09. The van der Waals surface area contributed by atoms with Gasteiger partial charge in [0.2, 0.25) is 5.91 Å². The average Bonchev–Trinajstić information content (AvgIpc) is 2.68. The van der Waals surface area contributed by atoms with E-state index in [1.54, 1.807) is 18.3 Å².